The fourth-order valence-electron chi connectivity index (χ4n) is 6.61. The molecule has 2 aliphatic heterocycles. The smallest absolute Gasteiger partial charge is 0.407 e. The Morgan fingerprint density at radius 1 is 1.16 bits per heavy atom. The summed E-state index contributed by atoms with van der Waals surface area (Å²) in [5, 5.41) is 28.0. The molecule has 3 aromatic carbocycles. The van der Waals surface area contributed by atoms with Crippen LogP contribution >= 0.6 is 11.8 Å². The van der Waals surface area contributed by atoms with E-state index in [9.17, 15) is 24.6 Å². The average molecular weight is 621 g/mol. The predicted molar refractivity (Wildman–Crippen MR) is 166 cm³/mol. The van der Waals surface area contributed by atoms with Gasteiger partial charge in [-0.05, 0) is 48.9 Å². The minimum Gasteiger partial charge on any atom is -0.507 e. The van der Waals surface area contributed by atoms with Crippen LogP contribution in [0, 0.1) is 11.8 Å². The molecule has 0 aromatic heterocycles. The van der Waals surface area contributed by atoms with Crippen LogP contribution in [-0.4, -0.2) is 58.0 Å². The highest BCUT2D eigenvalue weighted by Crippen LogP contribution is 2.67. The number of aromatic hydroxyl groups is 1. The number of ketones is 2. The molecule has 45 heavy (non-hydrogen) atoms. The fourth-order valence-corrected chi connectivity index (χ4v) is 7.36. The fraction of sp³-hybridized carbons (Fsp3) is 0.257. The van der Waals surface area contributed by atoms with E-state index in [2.05, 4.69) is 28.2 Å². The van der Waals surface area contributed by atoms with E-state index in [0.29, 0.717) is 29.0 Å². The van der Waals surface area contributed by atoms with Gasteiger partial charge < -0.3 is 30.3 Å². The average Bonchev–Trinajstić information content (AvgIpc) is 3.74. The number of hydrogen-bond donors (Lipinski definition) is 4. The lowest BCUT2D eigenvalue weighted by atomic mass is 9.70. The molecule has 4 N–H and O–H groups in total. The zero-order chi connectivity index (χ0) is 31.3. The maximum absolute atomic E-state index is 14.0. The van der Waals surface area contributed by atoms with Crippen molar-refractivity contribution in [2.75, 3.05) is 17.7 Å². The summed E-state index contributed by atoms with van der Waals surface area (Å²) in [5.41, 5.74) is 2.45. The number of phenolic OH excluding ortho intramolecular Hbond substituents is 1. The number of amides is 1. The van der Waals surface area contributed by atoms with Gasteiger partial charge in [0.25, 0.3) is 0 Å². The minimum atomic E-state index is -1.12. The molecular weight excluding hydrogens is 592 g/mol. The first-order valence-corrected chi connectivity index (χ1v) is 15.5. The molecule has 2 bridgehead atoms. The lowest BCUT2D eigenvalue weighted by molar-refractivity contribution is 0.0868. The lowest BCUT2D eigenvalue weighted by Gasteiger charge is -2.36. The number of nitrogens with one attached hydrogen (secondary N) is 2. The summed E-state index contributed by atoms with van der Waals surface area (Å²) in [6.45, 7) is 1.92. The minimum absolute atomic E-state index is 0.0439. The van der Waals surface area contributed by atoms with Crippen LogP contribution in [-0.2, 0) is 21.6 Å². The van der Waals surface area contributed by atoms with Crippen molar-refractivity contribution in [3.63, 3.8) is 0 Å². The quantitative estimate of drug-likeness (QED) is 0.0590. The van der Waals surface area contributed by atoms with E-state index in [0.717, 1.165) is 4.90 Å². The zero-order valence-electron chi connectivity index (χ0n) is 24.2. The molecule has 9 nitrogen and oxygen atoms in total. The first kappa shape index (κ1) is 29.0. The van der Waals surface area contributed by atoms with Gasteiger partial charge in [0.1, 0.15) is 24.0 Å². The number of anilines is 1. The number of thioether (sulfide) groups is 1. The molecule has 3 aromatic rings. The Balaban J connectivity index is 1.13. The Labute approximate surface area is 263 Å². The molecule has 4 aliphatic rings. The molecule has 0 radical (unpaired) electrons. The number of fused-ring (bicyclic) bond motifs is 4. The van der Waals surface area contributed by atoms with Gasteiger partial charge in [-0.2, -0.15) is 0 Å². The number of ether oxygens (including phenoxy) is 2. The number of rotatable bonds is 7. The molecule has 2 aliphatic carbocycles. The number of hydrogen-bond acceptors (Lipinski definition) is 9. The van der Waals surface area contributed by atoms with E-state index >= 15 is 0 Å². The summed E-state index contributed by atoms with van der Waals surface area (Å²) < 4.78 is 11.6. The molecule has 1 saturated heterocycles. The number of carbonyl (C=O) groups excluding carboxylic acids is 3. The molecule has 1 fully saturated rings. The van der Waals surface area contributed by atoms with Crippen molar-refractivity contribution in [1.82, 2.24) is 5.32 Å². The van der Waals surface area contributed by atoms with Gasteiger partial charge in [0.2, 0.25) is 0 Å². The normalized spacial score (nSPS) is 23.7. The monoisotopic (exact) mass is 620 g/mol. The highest BCUT2D eigenvalue weighted by Gasteiger charge is 2.78. The van der Waals surface area contributed by atoms with Crippen LogP contribution in [0.4, 0.5) is 10.5 Å². The number of carbonyl (C=O) groups is 3. The van der Waals surface area contributed by atoms with Crippen LogP contribution in [0.2, 0.25) is 0 Å². The number of alkyl carbamates (subject to hydrolysis) is 1. The lowest BCUT2D eigenvalue weighted by Crippen LogP contribution is -2.51. The zero-order valence-corrected chi connectivity index (χ0v) is 25.0. The maximum atomic E-state index is 14.0. The summed E-state index contributed by atoms with van der Waals surface area (Å²) in [7, 11) is 0. The number of aliphatic hydroxyl groups is 1. The number of benzene rings is 3. The molecule has 0 spiro atoms. The second kappa shape index (κ2) is 11.0. The van der Waals surface area contributed by atoms with Gasteiger partial charge in [-0.15, -0.1) is 17.5 Å². The Morgan fingerprint density at radius 2 is 1.96 bits per heavy atom. The summed E-state index contributed by atoms with van der Waals surface area (Å²) in [4.78, 5) is 41.2. The third kappa shape index (κ3) is 4.55. The van der Waals surface area contributed by atoms with Crippen LogP contribution in [0.15, 0.2) is 77.4 Å². The summed E-state index contributed by atoms with van der Waals surface area (Å²) >= 11 is 1.58. The van der Waals surface area contributed by atoms with E-state index in [4.69, 9.17) is 9.47 Å². The Bertz CT molecular complexity index is 1900. The first-order chi connectivity index (χ1) is 21.8. The number of epoxide rings is 1. The van der Waals surface area contributed by atoms with E-state index in [1.807, 2.05) is 30.3 Å². The predicted octanol–water partition coefficient (Wildman–Crippen LogP) is 4.44. The molecular formula is C35H28N2O7S. The van der Waals surface area contributed by atoms with Gasteiger partial charge in [0, 0.05) is 46.4 Å². The van der Waals surface area contributed by atoms with E-state index in [1.165, 1.54) is 6.07 Å². The molecule has 7 rings (SSSR count). The van der Waals surface area contributed by atoms with Gasteiger partial charge in [-0.3, -0.25) is 9.59 Å². The van der Waals surface area contributed by atoms with Crippen molar-refractivity contribution in [3.05, 3.63) is 106 Å². The largest absolute Gasteiger partial charge is 0.507 e. The van der Waals surface area contributed by atoms with Crippen LogP contribution in [0.3, 0.4) is 0 Å². The van der Waals surface area contributed by atoms with E-state index < -0.39 is 41.0 Å². The van der Waals surface area contributed by atoms with Crippen molar-refractivity contribution in [3.8, 4) is 17.6 Å². The van der Waals surface area contributed by atoms with Crippen molar-refractivity contribution >= 4 is 35.1 Å². The van der Waals surface area contributed by atoms with Gasteiger partial charge in [0.15, 0.2) is 17.2 Å². The van der Waals surface area contributed by atoms with Gasteiger partial charge in [-0.25, -0.2) is 4.79 Å². The van der Waals surface area contributed by atoms with E-state index in [1.54, 1.807) is 49.0 Å². The summed E-state index contributed by atoms with van der Waals surface area (Å²) in [5.74, 6) is 5.27. The highest BCUT2D eigenvalue weighted by molar-refractivity contribution is 7.99. The van der Waals surface area contributed by atoms with Crippen molar-refractivity contribution in [2.45, 2.75) is 48.1 Å². The maximum Gasteiger partial charge on any atom is 0.407 e. The first-order valence-electron chi connectivity index (χ1n) is 14.5. The molecule has 4 atom stereocenters. The number of aliphatic hydroxyl groups excluding tert-OH is 1. The molecule has 0 saturated carbocycles. The number of phenols is 1. The SMILES string of the molecule is C[C@@H](O)[C@@]12O[C@@]13CC=C=CC#C[C@@H]2Nc1c3cc(O)c2c1C(=O)c1ccc(CNC(=O)OCCSc3ccccc3)cc1C2=O. The molecule has 10 heteroatoms. The van der Waals surface area contributed by atoms with E-state index in [-0.39, 0.29) is 41.2 Å². The standard InChI is InChI=1S/C35H28N2O7S/c1-20(38)35-27-11-7-2-3-8-14-34(35,44-35)25-18-26(39)28-29(30(25)37-27)31(40)23-13-12-21(17-24(23)32(28)41)19-36-33(42)43-15-16-45-22-9-5-4-6-10-22/h2,4-6,8-10,12-13,17-18,20,27,37-39H,14-16,19H2,1H3,(H,36,42)/t3?,20-,27+,34-,35+/m1/s1. The van der Waals surface area contributed by atoms with Gasteiger partial charge in [0.05, 0.1) is 22.9 Å². The van der Waals surface area contributed by atoms with Crippen molar-refractivity contribution < 1.29 is 34.1 Å². The molecule has 2 heterocycles. The van der Waals surface area contributed by atoms with Gasteiger partial charge >= 0.3 is 6.09 Å². The second-order valence-electron chi connectivity index (χ2n) is 11.2. The topological polar surface area (TPSA) is 137 Å². The summed E-state index contributed by atoms with van der Waals surface area (Å²) in [6.07, 6.45) is 2.11. The van der Waals surface area contributed by atoms with Crippen LogP contribution in [0.1, 0.15) is 56.3 Å². The Hall–Kier alpha value is -4.78. The Morgan fingerprint density at radius 3 is 2.76 bits per heavy atom. The third-order valence-electron chi connectivity index (χ3n) is 8.70. The van der Waals surface area contributed by atoms with Crippen LogP contribution < -0.4 is 10.6 Å². The third-order valence-corrected chi connectivity index (χ3v) is 9.67. The molecule has 1 amide bonds. The summed E-state index contributed by atoms with van der Waals surface area (Å²) in [6, 6.07) is 15.3. The molecule has 226 valence electrons. The highest BCUT2D eigenvalue weighted by atomic mass is 32.2. The van der Waals surface area contributed by atoms with Crippen molar-refractivity contribution in [2.24, 2.45) is 0 Å². The Kier molecular flexibility index (Phi) is 7.07. The van der Waals surface area contributed by atoms with Gasteiger partial charge in [-0.1, -0.05) is 36.1 Å². The molecule has 0 unspecified atom stereocenters. The van der Waals surface area contributed by atoms with Crippen LogP contribution in [0.25, 0.3) is 0 Å². The van der Waals surface area contributed by atoms with Crippen molar-refractivity contribution in [1.29, 1.82) is 0 Å². The van der Waals surface area contributed by atoms with Crippen LogP contribution in [0.5, 0.6) is 5.75 Å². The second-order valence-corrected chi connectivity index (χ2v) is 12.4.